The Labute approximate surface area is 110 Å². The Hall–Kier alpha value is -0.900. The molecule has 3 nitrogen and oxygen atoms in total. The average Bonchev–Trinajstić information content (AvgIpc) is 2.40. The Balaban J connectivity index is 2.84. The lowest BCUT2D eigenvalue weighted by atomic mass is 10.0. The fourth-order valence-corrected chi connectivity index (χ4v) is 2.14. The van der Waals surface area contributed by atoms with E-state index in [4.69, 9.17) is 9.47 Å². The van der Waals surface area contributed by atoms with E-state index in [9.17, 15) is 0 Å². The van der Waals surface area contributed by atoms with Gasteiger partial charge in [0.15, 0.2) is 6.29 Å². The molecule has 1 atom stereocenters. The lowest BCUT2D eigenvalue weighted by Gasteiger charge is -2.26. The van der Waals surface area contributed by atoms with Gasteiger partial charge in [-0.2, -0.15) is 0 Å². The number of aryl methyl sites for hydroxylation is 1. The Morgan fingerprint density at radius 3 is 2.11 bits per heavy atom. The summed E-state index contributed by atoms with van der Waals surface area (Å²) < 4.78 is 10.7. The molecule has 0 aliphatic heterocycles. The van der Waals surface area contributed by atoms with Gasteiger partial charge in [-0.25, -0.2) is 0 Å². The highest BCUT2D eigenvalue weighted by Gasteiger charge is 2.21. The van der Waals surface area contributed by atoms with Crippen molar-refractivity contribution in [2.75, 3.05) is 20.8 Å². The quantitative estimate of drug-likeness (QED) is 0.721. The van der Waals surface area contributed by atoms with E-state index < -0.39 is 0 Å². The zero-order valence-corrected chi connectivity index (χ0v) is 11.9. The molecule has 1 unspecified atom stereocenters. The highest BCUT2D eigenvalue weighted by atomic mass is 16.7. The van der Waals surface area contributed by atoms with Gasteiger partial charge in [-0.05, 0) is 24.1 Å². The van der Waals surface area contributed by atoms with Crippen molar-refractivity contribution in [1.29, 1.82) is 0 Å². The smallest absolute Gasteiger partial charge is 0.176 e. The first-order valence-corrected chi connectivity index (χ1v) is 6.64. The van der Waals surface area contributed by atoms with Crippen molar-refractivity contribution in [3.8, 4) is 0 Å². The summed E-state index contributed by atoms with van der Waals surface area (Å²) in [6.07, 6.45) is 2.04. The van der Waals surface area contributed by atoms with Gasteiger partial charge in [0.1, 0.15) is 0 Å². The van der Waals surface area contributed by atoms with Crippen LogP contribution in [0.25, 0.3) is 0 Å². The zero-order chi connectivity index (χ0) is 13.4. The van der Waals surface area contributed by atoms with Crippen LogP contribution in [0.1, 0.15) is 37.4 Å². The maximum Gasteiger partial charge on any atom is 0.176 e. The molecule has 0 aliphatic carbocycles. The van der Waals surface area contributed by atoms with Gasteiger partial charge in [-0.3, -0.25) is 0 Å². The van der Waals surface area contributed by atoms with Gasteiger partial charge < -0.3 is 14.8 Å². The molecule has 1 aromatic carbocycles. The Morgan fingerprint density at radius 1 is 1.06 bits per heavy atom. The molecule has 0 fully saturated rings. The van der Waals surface area contributed by atoms with Crippen LogP contribution >= 0.6 is 0 Å². The predicted octanol–water partition coefficient (Wildman–Crippen LogP) is 2.91. The maximum atomic E-state index is 5.36. The Morgan fingerprint density at radius 2 is 1.67 bits per heavy atom. The van der Waals surface area contributed by atoms with Crippen molar-refractivity contribution < 1.29 is 9.47 Å². The molecule has 3 heteroatoms. The number of rotatable bonds is 8. The van der Waals surface area contributed by atoms with Gasteiger partial charge in [0, 0.05) is 14.2 Å². The zero-order valence-electron chi connectivity index (χ0n) is 11.9. The second kappa shape index (κ2) is 8.25. The standard InChI is InChI=1S/C15H25NO2/c1-5-7-12-8-10-13(11-9-12)14(16-6-2)15(17-3)18-4/h8-11,14-16H,5-7H2,1-4H3. The highest BCUT2D eigenvalue weighted by molar-refractivity contribution is 5.25. The number of nitrogens with one attached hydrogen (secondary N) is 1. The van der Waals surface area contributed by atoms with E-state index in [-0.39, 0.29) is 12.3 Å². The van der Waals surface area contributed by atoms with Crippen LogP contribution in [0.2, 0.25) is 0 Å². The van der Waals surface area contributed by atoms with Crippen molar-refractivity contribution in [2.45, 2.75) is 39.0 Å². The summed E-state index contributed by atoms with van der Waals surface area (Å²) in [6, 6.07) is 8.75. The number of ether oxygens (including phenoxy) is 2. The van der Waals surface area contributed by atoms with E-state index in [1.165, 1.54) is 17.5 Å². The number of methoxy groups -OCH3 is 2. The second-order valence-corrected chi connectivity index (χ2v) is 4.37. The van der Waals surface area contributed by atoms with Crippen LogP contribution in [0, 0.1) is 0 Å². The van der Waals surface area contributed by atoms with E-state index >= 15 is 0 Å². The minimum absolute atomic E-state index is 0.0701. The monoisotopic (exact) mass is 251 g/mol. The SMILES string of the molecule is CCCc1ccc(C(NCC)C(OC)OC)cc1. The molecule has 18 heavy (non-hydrogen) atoms. The van der Waals surface area contributed by atoms with Crippen LogP contribution < -0.4 is 5.32 Å². The number of hydrogen-bond acceptors (Lipinski definition) is 3. The predicted molar refractivity (Wildman–Crippen MR) is 74.7 cm³/mol. The summed E-state index contributed by atoms with van der Waals surface area (Å²) in [5.74, 6) is 0. The van der Waals surface area contributed by atoms with Gasteiger partial charge in [0.25, 0.3) is 0 Å². The van der Waals surface area contributed by atoms with Crippen LogP contribution in [-0.4, -0.2) is 27.1 Å². The van der Waals surface area contributed by atoms with E-state index in [2.05, 4.69) is 43.4 Å². The summed E-state index contributed by atoms with van der Waals surface area (Å²) in [4.78, 5) is 0. The first-order valence-electron chi connectivity index (χ1n) is 6.64. The molecule has 0 heterocycles. The molecular weight excluding hydrogens is 226 g/mol. The first-order chi connectivity index (χ1) is 8.76. The first kappa shape index (κ1) is 15.2. The van der Waals surface area contributed by atoms with Crippen molar-refractivity contribution in [1.82, 2.24) is 5.32 Å². The topological polar surface area (TPSA) is 30.5 Å². The molecule has 0 bridgehead atoms. The van der Waals surface area contributed by atoms with E-state index in [1.54, 1.807) is 14.2 Å². The second-order valence-electron chi connectivity index (χ2n) is 4.37. The third kappa shape index (κ3) is 4.09. The van der Waals surface area contributed by atoms with Crippen molar-refractivity contribution in [3.05, 3.63) is 35.4 Å². The van der Waals surface area contributed by atoms with Crippen LogP contribution in [0.3, 0.4) is 0 Å². The van der Waals surface area contributed by atoms with E-state index in [0.29, 0.717) is 0 Å². The molecular formula is C15H25NO2. The molecule has 0 aromatic heterocycles. The normalized spacial score (nSPS) is 12.9. The summed E-state index contributed by atoms with van der Waals surface area (Å²) in [5, 5.41) is 3.40. The fourth-order valence-electron chi connectivity index (χ4n) is 2.14. The molecule has 1 N–H and O–H groups in total. The fraction of sp³-hybridized carbons (Fsp3) is 0.600. The molecule has 0 amide bonds. The van der Waals surface area contributed by atoms with Gasteiger partial charge in [-0.15, -0.1) is 0 Å². The maximum absolute atomic E-state index is 5.36. The summed E-state index contributed by atoms with van der Waals surface area (Å²) in [7, 11) is 3.34. The minimum atomic E-state index is -0.262. The van der Waals surface area contributed by atoms with Gasteiger partial charge in [0.2, 0.25) is 0 Å². The minimum Gasteiger partial charge on any atom is -0.354 e. The molecule has 0 saturated carbocycles. The van der Waals surface area contributed by atoms with Crippen LogP contribution in [0.15, 0.2) is 24.3 Å². The van der Waals surface area contributed by atoms with Crippen LogP contribution in [-0.2, 0) is 15.9 Å². The molecule has 1 aromatic rings. The lowest BCUT2D eigenvalue weighted by Crippen LogP contribution is -2.34. The molecule has 0 aliphatic rings. The van der Waals surface area contributed by atoms with Crippen molar-refractivity contribution in [2.24, 2.45) is 0 Å². The summed E-state index contributed by atoms with van der Waals surface area (Å²) >= 11 is 0. The molecule has 0 saturated heterocycles. The average molecular weight is 251 g/mol. The lowest BCUT2D eigenvalue weighted by molar-refractivity contribution is -0.123. The van der Waals surface area contributed by atoms with E-state index in [1.807, 2.05) is 0 Å². The number of likely N-dealkylation sites (N-methyl/N-ethyl adjacent to an activating group) is 1. The van der Waals surface area contributed by atoms with Gasteiger partial charge in [-0.1, -0.05) is 44.5 Å². The van der Waals surface area contributed by atoms with Crippen molar-refractivity contribution >= 4 is 0 Å². The van der Waals surface area contributed by atoms with Gasteiger partial charge >= 0.3 is 0 Å². The molecule has 1 rings (SSSR count). The van der Waals surface area contributed by atoms with Crippen LogP contribution in [0.5, 0.6) is 0 Å². The highest BCUT2D eigenvalue weighted by Crippen LogP contribution is 2.20. The van der Waals surface area contributed by atoms with E-state index in [0.717, 1.165) is 13.0 Å². The largest absolute Gasteiger partial charge is 0.354 e. The van der Waals surface area contributed by atoms with Crippen molar-refractivity contribution in [3.63, 3.8) is 0 Å². The third-order valence-corrected chi connectivity index (χ3v) is 3.04. The number of hydrogen-bond donors (Lipinski definition) is 1. The van der Waals surface area contributed by atoms with Crippen LogP contribution in [0.4, 0.5) is 0 Å². The Kier molecular flexibility index (Phi) is 6.94. The molecule has 0 spiro atoms. The third-order valence-electron chi connectivity index (χ3n) is 3.04. The summed E-state index contributed by atoms with van der Waals surface area (Å²) in [5.41, 5.74) is 2.58. The summed E-state index contributed by atoms with van der Waals surface area (Å²) in [6.45, 7) is 5.16. The van der Waals surface area contributed by atoms with Gasteiger partial charge in [0.05, 0.1) is 6.04 Å². The number of benzene rings is 1. The Bertz CT molecular complexity index is 320. The molecule has 102 valence electrons. The molecule has 0 radical (unpaired) electrons.